The molecule has 1 aromatic carbocycles. The maximum atomic E-state index is 12.6. The summed E-state index contributed by atoms with van der Waals surface area (Å²) in [6.07, 6.45) is 0.933. The highest BCUT2D eigenvalue weighted by Gasteiger charge is 2.23. The fourth-order valence-corrected chi connectivity index (χ4v) is 3.20. The van der Waals surface area contributed by atoms with Crippen LogP contribution in [0, 0.1) is 11.8 Å². The third-order valence-corrected chi connectivity index (χ3v) is 5.30. The molecular weight excluding hydrogens is 546 g/mol. The Balaban J connectivity index is 0.00000212. The van der Waals surface area contributed by atoms with E-state index in [1.807, 2.05) is 34.6 Å². The number of nitrogens with two attached hydrogens (primary N) is 2. The van der Waals surface area contributed by atoms with Gasteiger partial charge in [0.25, 0.3) is 5.91 Å². The zero-order valence-corrected chi connectivity index (χ0v) is 25.8. The Morgan fingerprint density at radius 2 is 1.64 bits per heavy atom. The van der Waals surface area contributed by atoms with Gasteiger partial charge in [-0.25, -0.2) is 10.3 Å². The van der Waals surface area contributed by atoms with Gasteiger partial charge in [0, 0.05) is 30.4 Å². The van der Waals surface area contributed by atoms with Crippen molar-refractivity contribution >= 4 is 35.4 Å². The van der Waals surface area contributed by atoms with E-state index in [9.17, 15) is 24.0 Å². The molecule has 0 radical (unpaired) electrons. The highest BCUT2D eigenvalue weighted by molar-refractivity contribution is 5.99. The number of hydrogen-bond acceptors (Lipinski definition) is 9. The number of esters is 1. The van der Waals surface area contributed by atoms with Gasteiger partial charge in [0.15, 0.2) is 0 Å². The number of carbonyl (C=O) groups excluding carboxylic acids is 5. The van der Waals surface area contributed by atoms with Crippen molar-refractivity contribution in [3.63, 3.8) is 0 Å². The Kier molecular flexibility index (Phi) is 19.1. The van der Waals surface area contributed by atoms with Crippen molar-refractivity contribution in [3.05, 3.63) is 29.3 Å². The van der Waals surface area contributed by atoms with Crippen molar-refractivity contribution in [2.24, 2.45) is 23.3 Å². The predicted octanol–water partition coefficient (Wildman–Crippen LogP) is 1.15. The molecule has 1 atom stereocenters. The molecule has 0 saturated heterocycles. The number of urea groups is 1. The third-order valence-electron chi connectivity index (χ3n) is 5.30. The maximum absolute atomic E-state index is 12.6. The highest BCUT2D eigenvalue weighted by Crippen LogP contribution is 2.18. The summed E-state index contributed by atoms with van der Waals surface area (Å²) in [6.45, 7) is 13.7. The van der Waals surface area contributed by atoms with Gasteiger partial charge < -0.3 is 37.5 Å². The standard InChI is InChI=1S/C24H39N5O6.C4H10N2O/c1-14(2)21(27-16(5)6)23(32)26-12-20(30)28-18-8-7-17(13-34-24(33)15(3)4)19(11-18)22(31)29-35-10-9-25;1-2-3-6-4(5)7/h7-8,11,14-16,21,27H,9-10,12-13,25H2,1-6H3,(H,26,32)(H,28,30)(H,29,31);2-3H2,1H3,(H3,5,6,7). The van der Waals surface area contributed by atoms with E-state index >= 15 is 0 Å². The molecule has 0 fully saturated rings. The molecule has 0 bridgehead atoms. The molecule has 0 aliphatic heterocycles. The Morgan fingerprint density at radius 1 is 0.976 bits per heavy atom. The summed E-state index contributed by atoms with van der Waals surface area (Å²) in [5, 5.41) is 10.9. The second-order valence-corrected chi connectivity index (χ2v) is 10.3. The van der Waals surface area contributed by atoms with E-state index in [0.29, 0.717) is 17.8 Å². The summed E-state index contributed by atoms with van der Waals surface area (Å²) in [5.74, 6) is -2.01. The van der Waals surface area contributed by atoms with Gasteiger partial charge in [0.1, 0.15) is 6.61 Å². The third kappa shape index (κ3) is 16.5. The van der Waals surface area contributed by atoms with E-state index in [1.54, 1.807) is 26.0 Å². The lowest BCUT2D eigenvalue weighted by molar-refractivity contribution is -0.148. The van der Waals surface area contributed by atoms with Crippen LogP contribution in [0.15, 0.2) is 18.2 Å². The number of anilines is 1. The van der Waals surface area contributed by atoms with E-state index < -0.39 is 29.9 Å². The van der Waals surface area contributed by atoms with Gasteiger partial charge in [-0.3, -0.25) is 24.0 Å². The Bertz CT molecular complexity index is 1020. The van der Waals surface area contributed by atoms with Gasteiger partial charge in [0.2, 0.25) is 11.8 Å². The SMILES string of the molecule is CC(C)NC(C(=O)NCC(=O)Nc1ccc(COC(=O)C(C)C)c(C(=O)NOCCN)c1)C(C)C.CCCNC(N)=O. The zero-order chi connectivity index (χ0) is 32.2. The smallest absolute Gasteiger partial charge is 0.312 e. The van der Waals surface area contributed by atoms with Crippen LogP contribution in [0.5, 0.6) is 0 Å². The van der Waals surface area contributed by atoms with Crippen LogP contribution in [-0.2, 0) is 30.6 Å². The van der Waals surface area contributed by atoms with Crippen LogP contribution in [0.3, 0.4) is 0 Å². The van der Waals surface area contributed by atoms with Gasteiger partial charge in [0.05, 0.1) is 30.7 Å². The number of carbonyl (C=O) groups is 5. The molecule has 14 heteroatoms. The molecule has 1 aromatic rings. The number of hydrogen-bond donors (Lipinski definition) is 7. The molecule has 9 N–H and O–H groups in total. The second-order valence-electron chi connectivity index (χ2n) is 10.3. The topological polar surface area (TPSA) is 216 Å². The molecule has 1 unspecified atom stereocenters. The quantitative estimate of drug-likeness (QED) is 0.0827. The first kappa shape index (κ1) is 38.2. The summed E-state index contributed by atoms with van der Waals surface area (Å²) in [5.41, 5.74) is 13.3. The summed E-state index contributed by atoms with van der Waals surface area (Å²) in [6, 6.07) is 3.82. The zero-order valence-electron chi connectivity index (χ0n) is 25.8. The van der Waals surface area contributed by atoms with Crippen molar-refractivity contribution in [2.75, 3.05) is 31.6 Å². The van der Waals surface area contributed by atoms with Crippen LogP contribution >= 0.6 is 0 Å². The average molecular weight is 596 g/mol. The average Bonchev–Trinajstić information content (AvgIpc) is 2.92. The minimum atomic E-state index is -0.585. The number of rotatable bonds is 16. The summed E-state index contributed by atoms with van der Waals surface area (Å²) in [4.78, 5) is 64.3. The lowest BCUT2D eigenvalue weighted by Crippen LogP contribution is -2.51. The number of primary amides is 1. The number of benzene rings is 1. The van der Waals surface area contributed by atoms with Crippen molar-refractivity contribution in [1.29, 1.82) is 0 Å². The largest absolute Gasteiger partial charge is 0.461 e. The summed E-state index contributed by atoms with van der Waals surface area (Å²) >= 11 is 0. The molecule has 0 spiro atoms. The van der Waals surface area contributed by atoms with E-state index in [2.05, 4.69) is 26.7 Å². The second kappa shape index (κ2) is 21.0. The molecule has 0 aromatic heterocycles. The van der Waals surface area contributed by atoms with E-state index in [0.717, 1.165) is 6.42 Å². The number of nitrogens with one attached hydrogen (secondary N) is 5. The van der Waals surface area contributed by atoms with Gasteiger partial charge in [-0.1, -0.05) is 54.5 Å². The van der Waals surface area contributed by atoms with Crippen molar-refractivity contribution in [2.45, 2.75) is 73.6 Å². The Hall–Kier alpha value is -3.75. The molecule has 238 valence electrons. The number of hydroxylamine groups is 1. The lowest BCUT2D eigenvalue weighted by Gasteiger charge is -2.23. The fraction of sp³-hybridized carbons (Fsp3) is 0.607. The Labute approximate surface area is 248 Å². The molecule has 0 aliphatic rings. The van der Waals surface area contributed by atoms with Gasteiger partial charge in [-0.2, -0.15) is 0 Å². The van der Waals surface area contributed by atoms with E-state index in [4.69, 9.17) is 21.0 Å². The number of ether oxygens (including phenoxy) is 1. The fourth-order valence-electron chi connectivity index (χ4n) is 3.20. The molecule has 0 aliphatic carbocycles. The predicted molar refractivity (Wildman–Crippen MR) is 160 cm³/mol. The van der Waals surface area contributed by atoms with Crippen LogP contribution in [0.1, 0.15) is 70.8 Å². The van der Waals surface area contributed by atoms with Crippen molar-refractivity contribution in [1.82, 2.24) is 21.4 Å². The molecule has 0 heterocycles. The molecule has 0 saturated carbocycles. The minimum absolute atomic E-state index is 0.0420. The minimum Gasteiger partial charge on any atom is -0.461 e. The normalized spacial score (nSPS) is 11.3. The molecule has 1 rings (SSSR count). The molecular formula is C28H49N7O7. The van der Waals surface area contributed by atoms with Crippen molar-refractivity contribution < 1.29 is 33.5 Å². The van der Waals surface area contributed by atoms with Crippen molar-refractivity contribution in [3.8, 4) is 0 Å². The van der Waals surface area contributed by atoms with E-state index in [-0.39, 0.29) is 55.7 Å². The van der Waals surface area contributed by atoms with Crippen LogP contribution in [-0.4, -0.2) is 68.0 Å². The van der Waals surface area contributed by atoms with Crippen LogP contribution in [0.4, 0.5) is 10.5 Å². The first-order valence-corrected chi connectivity index (χ1v) is 14.0. The monoisotopic (exact) mass is 595 g/mol. The van der Waals surface area contributed by atoms with Crippen LogP contribution < -0.4 is 38.2 Å². The van der Waals surface area contributed by atoms with E-state index in [1.165, 1.54) is 6.07 Å². The number of amides is 5. The van der Waals surface area contributed by atoms with Crippen LogP contribution in [0.2, 0.25) is 0 Å². The lowest BCUT2D eigenvalue weighted by atomic mass is 10.0. The molecule has 42 heavy (non-hydrogen) atoms. The first-order chi connectivity index (χ1) is 19.7. The summed E-state index contributed by atoms with van der Waals surface area (Å²) < 4.78 is 5.24. The van der Waals surface area contributed by atoms with Gasteiger partial charge in [-0.15, -0.1) is 0 Å². The first-order valence-electron chi connectivity index (χ1n) is 14.0. The van der Waals surface area contributed by atoms with Gasteiger partial charge >= 0.3 is 12.0 Å². The highest BCUT2D eigenvalue weighted by atomic mass is 16.6. The van der Waals surface area contributed by atoms with Gasteiger partial charge in [-0.05, 0) is 24.5 Å². The molecule has 14 nitrogen and oxygen atoms in total. The van der Waals surface area contributed by atoms with Crippen LogP contribution in [0.25, 0.3) is 0 Å². The molecule has 5 amide bonds. The Morgan fingerprint density at radius 3 is 2.14 bits per heavy atom. The maximum Gasteiger partial charge on any atom is 0.312 e. The summed E-state index contributed by atoms with van der Waals surface area (Å²) in [7, 11) is 0.